The predicted molar refractivity (Wildman–Crippen MR) is 93.8 cm³/mol. The maximum absolute atomic E-state index is 5.71. The molecule has 1 heterocycles. The molecule has 0 aliphatic rings. The Hall–Kier alpha value is -1.79. The van der Waals surface area contributed by atoms with Crippen molar-refractivity contribution in [3.63, 3.8) is 0 Å². The van der Waals surface area contributed by atoms with Crippen LogP contribution in [0.4, 0.5) is 0 Å². The van der Waals surface area contributed by atoms with Gasteiger partial charge in [0.1, 0.15) is 5.75 Å². The average molecular weight is 391 g/mol. The number of hydrogen-bond donors (Lipinski definition) is 0. The van der Waals surface area contributed by atoms with Crippen molar-refractivity contribution in [2.24, 2.45) is 0 Å². The molecular formula is C17H15BrN2O2S. The summed E-state index contributed by atoms with van der Waals surface area (Å²) in [5, 5.41) is 8.79. The van der Waals surface area contributed by atoms with Gasteiger partial charge in [0.25, 0.3) is 5.22 Å². The molecule has 4 nitrogen and oxygen atoms in total. The van der Waals surface area contributed by atoms with E-state index in [1.165, 1.54) is 17.3 Å². The topological polar surface area (TPSA) is 48.2 Å². The van der Waals surface area contributed by atoms with Crippen molar-refractivity contribution in [2.75, 3.05) is 7.11 Å². The summed E-state index contributed by atoms with van der Waals surface area (Å²) in [4.78, 5) is 0. The van der Waals surface area contributed by atoms with Gasteiger partial charge in [0, 0.05) is 15.8 Å². The summed E-state index contributed by atoms with van der Waals surface area (Å²) in [6.07, 6.45) is 0.564. The highest BCUT2D eigenvalue weighted by Gasteiger charge is 2.10. The number of para-hydroxylation sites is 1. The van der Waals surface area contributed by atoms with E-state index < -0.39 is 0 Å². The molecule has 2 aromatic carbocycles. The van der Waals surface area contributed by atoms with E-state index in [0.717, 1.165) is 21.5 Å². The van der Waals surface area contributed by atoms with Gasteiger partial charge in [0.2, 0.25) is 5.89 Å². The zero-order valence-electron chi connectivity index (χ0n) is 12.5. The van der Waals surface area contributed by atoms with Crippen molar-refractivity contribution in [3.05, 3.63) is 70.0 Å². The molecule has 0 aliphatic heterocycles. The SMILES string of the molecule is COc1ccccc1Cc1nnc(SCc2cccc(Br)c2)o1. The van der Waals surface area contributed by atoms with Crippen LogP contribution >= 0.6 is 27.7 Å². The Morgan fingerprint density at radius 3 is 2.83 bits per heavy atom. The molecule has 0 radical (unpaired) electrons. The van der Waals surface area contributed by atoms with Gasteiger partial charge in [-0.05, 0) is 23.8 Å². The fraction of sp³-hybridized carbons (Fsp3) is 0.176. The number of aromatic nitrogens is 2. The van der Waals surface area contributed by atoms with E-state index in [9.17, 15) is 0 Å². The van der Waals surface area contributed by atoms with E-state index in [-0.39, 0.29) is 0 Å². The van der Waals surface area contributed by atoms with Crippen molar-refractivity contribution in [2.45, 2.75) is 17.4 Å². The van der Waals surface area contributed by atoms with Gasteiger partial charge >= 0.3 is 0 Å². The number of rotatable bonds is 6. The summed E-state index contributed by atoms with van der Waals surface area (Å²) in [6.45, 7) is 0. The molecule has 0 atom stereocenters. The van der Waals surface area contributed by atoms with Crippen LogP contribution in [0.5, 0.6) is 5.75 Å². The highest BCUT2D eigenvalue weighted by molar-refractivity contribution is 9.10. The highest BCUT2D eigenvalue weighted by Crippen LogP contribution is 2.25. The number of hydrogen-bond acceptors (Lipinski definition) is 5. The zero-order chi connectivity index (χ0) is 16.1. The lowest BCUT2D eigenvalue weighted by Crippen LogP contribution is -1.93. The first-order valence-corrected chi connectivity index (χ1v) is 8.84. The molecule has 0 bridgehead atoms. The van der Waals surface area contributed by atoms with Crippen LogP contribution in [0.3, 0.4) is 0 Å². The molecule has 0 aliphatic carbocycles. The smallest absolute Gasteiger partial charge is 0.276 e. The maximum atomic E-state index is 5.71. The first-order chi connectivity index (χ1) is 11.2. The Kier molecular flexibility index (Phi) is 5.35. The summed E-state index contributed by atoms with van der Waals surface area (Å²) < 4.78 is 12.1. The van der Waals surface area contributed by atoms with Crippen molar-refractivity contribution < 1.29 is 9.15 Å². The number of methoxy groups -OCH3 is 1. The lowest BCUT2D eigenvalue weighted by atomic mass is 10.1. The normalized spacial score (nSPS) is 10.7. The Morgan fingerprint density at radius 2 is 2.00 bits per heavy atom. The molecule has 3 aromatic rings. The number of halogens is 1. The van der Waals surface area contributed by atoms with Crippen molar-refractivity contribution in [1.82, 2.24) is 10.2 Å². The van der Waals surface area contributed by atoms with Gasteiger partial charge in [0.05, 0.1) is 13.5 Å². The first-order valence-electron chi connectivity index (χ1n) is 7.06. The van der Waals surface area contributed by atoms with Crippen LogP contribution in [0, 0.1) is 0 Å². The van der Waals surface area contributed by atoms with E-state index in [1.54, 1.807) is 7.11 Å². The standard InChI is InChI=1S/C17H15BrN2O2S/c1-21-15-8-3-2-6-13(15)10-16-19-20-17(22-16)23-11-12-5-4-7-14(18)9-12/h2-9H,10-11H2,1H3. The van der Waals surface area contributed by atoms with Gasteiger partial charge in [-0.15, -0.1) is 10.2 Å². The molecule has 0 N–H and O–H groups in total. The lowest BCUT2D eigenvalue weighted by molar-refractivity contribution is 0.400. The largest absolute Gasteiger partial charge is 0.496 e. The van der Waals surface area contributed by atoms with Crippen LogP contribution in [-0.2, 0) is 12.2 Å². The van der Waals surface area contributed by atoms with Crippen LogP contribution in [0.2, 0.25) is 0 Å². The van der Waals surface area contributed by atoms with Gasteiger partial charge in [-0.25, -0.2) is 0 Å². The van der Waals surface area contributed by atoms with Crippen molar-refractivity contribution in [3.8, 4) is 5.75 Å². The molecule has 3 rings (SSSR count). The molecule has 0 saturated carbocycles. The third-order valence-corrected chi connectivity index (χ3v) is 4.62. The Balaban J connectivity index is 1.64. The molecule has 23 heavy (non-hydrogen) atoms. The molecule has 0 amide bonds. The van der Waals surface area contributed by atoms with E-state index in [1.807, 2.05) is 36.4 Å². The summed E-state index contributed by atoms with van der Waals surface area (Å²) in [5.74, 6) is 2.20. The number of nitrogens with zero attached hydrogens (tertiary/aromatic N) is 2. The Bertz CT molecular complexity index is 792. The fourth-order valence-electron chi connectivity index (χ4n) is 2.15. The molecule has 0 saturated heterocycles. The maximum Gasteiger partial charge on any atom is 0.276 e. The minimum absolute atomic E-state index is 0.564. The summed E-state index contributed by atoms with van der Waals surface area (Å²) in [5.41, 5.74) is 2.23. The average Bonchev–Trinajstić information content (AvgIpc) is 3.01. The number of ether oxygens (including phenoxy) is 1. The van der Waals surface area contributed by atoms with Crippen LogP contribution in [0.15, 0.2) is 62.6 Å². The van der Waals surface area contributed by atoms with Gasteiger partial charge in [-0.1, -0.05) is 58.0 Å². The second-order valence-electron chi connectivity index (χ2n) is 4.87. The molecule has 118 valence electrons. The van der Waals surface area contributed by atoms with Crippen LogP contribution in [0.1, 0.15) is 17.0 Å². The van der Waals surface area contributed by atoms with Gasteiger partial charge in [0.15, 0.2) is 0 Å². The van der Waals surface area contributed by atoms with Gasteiger partial charge in [-0.3, -0.25) is 0 Å². The fourth-order valence-corrected chi connectivity index (χ4v) is 3.32. The molecule has 0 fully saturated rings. The van der Waals surface area contributed by atoms with Crippen LogP contribution in [-0.4, -0.2) is 17.3 Å². The monoisotopic (exact) mass is 390 g/mol. The predicted octanol–water partition coefficient (Wildman–Crippen LogP) is 4.72. The minimum atomic E-state index is 0.564. The first kappa shape index (κ1) is 16.1. The quantitative estimate of drug-likeness (QED) is 0.569. The van der Waals surface area contributed by atoms with E-state index >= 15 is 0 Å². The summed E-state index contributed by atoms with van der Waals surface area (Å²) >= 11 is 5.00. The zero-order valence-corrected chi connectivity index (χ0v) is 14.9. The van der Waals surface area contributed by atoms with E-state index in [2.05, 4.69) is 38.3 Å². The minimum Gasteiger partial charge on any atom is -0.496 e. The second-order valence-corrected chi connectivity index (χ2v) is 6.71. The third-order valence-electron chi connectivity index (χ3n) is 3.23. The third kappa shape index (κ3) is 4.36. The molecule has 0 unspecified atom stereocenters. The van der Waals surface area contributed by atoms with Crippen molar-refractivity contribution >= 4 is 27.7 Å². The summed E-state index contributed by atoms with van der Waals surface area (Å²) in [6, 6.07) is 16.0. The second kappa shape index (κ2) is 7.66. The lowest BCUT2D eigenvalue weighted by Gasteiger charge is -2.05. The van der Waals surface area contributed by atoms with Crippen LogP contribution < -0.4 is 4.74 Å². The van der Waals surface area contributed by atoms with Crippen LogP contribution in [0.25, 0.3) is 0 Å². The molecule has 1 aromatic heterocycles. The van der Waals surface area contributed by atoms with E-state index in [4.69, 9.17) is 9.15 Å². The number of thioether (sulfide) groups is 1. The van der Waals surface area contributed by atoms with Gasteiger partial charge < -0.3 is 9.15 Å². The number of benzene rings is 2. The molecule has 0 spiro atoms. The van der Waals surface area contributed by atoms with Crippen molar-refractivity contribution in [1.29, 1.82) is 0 Å². The Morgan fingerprint density at radius 1 is 1.13 bits per heavy atom. The van der Waals surface area contributed by atoms with E-state index in [0.29, 0.717) is 17.5 Å². The highest BCUT2D eigenvalue weighted by atomic mass is 79.9. The summed E-state index contributed by atoms with van der Waals surface area (Å²) in [7, 11) is 1.66. The van der Waals surface area contributed by atoms with Gasteiger partial charge in [-0.2, -0.15) is 0 Å². The molecule has 6 heteroatoms. The Labute approximate surface area is 147 Å². The molecular weight excluding hydrogens is 376 g/mol.